The summed E-state index contributed by atoms with van der Waals surface area (Å²) in [5.74, 6) is -1.04. The molecule has 0 aliphatic rings. The summed E-state index contributed by atoms with van der Waals surface area (Å²) in [7, 11) is 0. The molecule has 7 heavy (non-hydrogen) atoms. The van der Waals surface area contributed by atoms with E-state index in [1.165, 1.54) is 0 Å². The highest BCUT2D eigenvalue weighted by molar-refractivity contribution is 5.72. The van der Waals surface area contributed by atoms with Crippen LogP contribution in [0.4, 0.5) is 0 Å². The third kappa shape index (κ3) is 2.17. The molecule has 3 nitrogen and oxygen atoms in total. The van der Waals surface area contributed by atoms with Crippen LogP contribution >= 0.6 is 0 Å². The normalized spacial score (nSPS) is 13.4. The summed E-state index contributed by atoms with van der Waals surface area (Å²) in [5.41, 5.74) is 6.68. The predicted octanol–water partition coefficient (Wildman–Crippen LogP) is 0.132. The zero-order valence-electron chi connectivity index (χ0n) is 4.14. The van der Waals surface area contributed by atoms with Gasteiger partial charge in [-0.3, -0.25) is 4.79 Å². The van der Waals surface area contributed by atoms with Crippen LogP contribution in [-0.2, 0) is 4.79 Å². The molecule has 0 saturated heterocycles. The Balaban J connectivity index is 3.34. The van der Waals surface area contributed by atoms with Gasteiger partial charge in [0.25, 0.3) is 0 Å². The summed E-state index contributed by atoms with van der Waals surface area (Å²) in [6.07, 6.45) is 0.384. The van der Waals surface area contributed by atoms with Gasteiger partial charge in [-0.15, -0.1) is 0 Å². The van der Waals surface area contributed by atoms with Crippen LogP contribution in [0, 0.1) is 0 Å². The molecule has 1 unspecified atom stereocenters. The quantitative estimate of drug-likeness (QED) is 0.538. The SMILES string of the molecule is CCC([NH])C(=O)O. The van der Waals surface area contributed by atoms with Gasteiger partial charge >= 0.3 is 5.97 Å². The number of carboxylic acid groups (broad SMARTS) is 1. The number of carbonyl (C=O) groups is 1. The highest BCUT2D eigenvalue weighted by Gasteiger charge is 2.06. The number of nitrogens with one attached hydrogen (secondary N) is 1. The van der Waals surface area contributed by atoms with E-state index in [1.54, 1.807) is 6.92 Å². The molecule has 2 N–H and O–H groups in total. The molecule has 1 atom stereocenters. The Morgan fingerprint density at radius 2 is 2.43 bits per heavy atom. The van der Waals surface area contributed by atoms with Crippen molar-refractivity contribution >= 4 is 5.97 Å². The molecule has 0 aliphatic heterocycles. The highest BCUT2D eigenvalue weighted by atomic mass is 16.4. The molecule has 0 aliphatic carbocycles. The molecular weight excluding hydrogens is 94.0 g/mol. The summed E-state index contributed by atoms with van der Waals surface area (Å²) < 4.78 is 0. The maximum Gasteiger partial charge on any atom is 0.322 e. The molecule has 0 aromatic carbocycles. The van der Waals surface area contributed by atoms with Crippen molar-refractivity contribution < 1.29 is 9.90 Å². The Hall–Kier alpha value is -0.570. The van der Waals surface area contributed by atoms with Crippen molar-refractivity contribution in [2.75, 3.05) is 0 Å². The second kappa shape index (κ2) is 2.58. The van der Waals surface area contributed by atoms with Crippen LogP contribution in [0.1, 0.15) is 13.3 Å². The van der Waals surface area contributed by atoms with Gasteiger partial charge in [0.15, 0.2) is 0 Å². The van der Waals surface area contributed by atoms with E-state index >= 15 is 0 Å². The average molecular weight is 102 g/mol. The Kier molecular flexibility index (Phi) is 2.37. The van der Waals surface area contributed by atoms with Crippen molar-refractivity contribution in [1.82, 2.24) is 5.73 Å². The van der Waals surface area contributed by atoms with Crippen LogP contribution in [-0.4, -0.2) is 17.1 Å². The van der Waals surface area contributed by atoms with Crippen molar-refractivity contribution in [1.29, 1.82) is 0 Å². The first-order valence-electron chi connectivity index (χ1n) is 2.12. The van der Waals surface area contributed by atoms with Crippen molar-refractivity contribution in [2.24, 2.45) is 0 Å². The summed E-state index contributed by atoms with van der Waals surface area (Å²) in [6.45, 7) is 1.67. The standard InChI is InChI=1S/C4H8NO2/c1-2-3(5)4(6)7/h3,5H,2H2,1H3,(H,6,7). The van der Waals surface area contributed by atoms with Gasteiger partial charge in [-0.2, -0.15) is 0 Å². The van der Waals surface area contributed by atoms with E-state index in [2.05, 4.69) is 0 Å². The van der Waals surface area contributed by atoms with E-state index in [9.17, 15) is 4.79 Å². The minimum atomic E-state index is -1.04. The smallest absolute Gasteiger partial charge is 0.322 e. The second-order valence-electron chi connectivity index (χ2n) is 1.30. The molecule has 0 heterocycles. The fourth-order valence-electron chi connectivity index (χ4n) is 0.175. The van der Waals surface area contributed by atoms with Crippen LogP contribution in [0.25, 0.3) is 0 Å². The summed E-state index contributed by atoms with van der Waals surface area (Å²) >= 11 is 0. The third-order valence-corrected chi connectivity index (χ3v) is 0.706. The first-order valence-corrected chi connectivity index (χ1v) is 2.12. The van der Waals surface area contributed by atoms with E-state index in [4.69, 9.17) is 10.8 Å². The van der Waals surface area contributed by atoms with Crippen molar-refractivity contribution in [3.63, 3.8) is 0 Å². The van der Waals surface area contributed by atoms with Gasteiger partial charge < -0.3 is 5.11 Å². The molecule has 0 spiro atoms. The highest BCUT2D eigenvalue weighted by Crippen LogP contribution is 1.84. The molecule has 0 bridgehead atoms. The van der Waals surface area contributed by atoms with E-state index in [-0.39, 0.29) is 0 Å². The van der Waals surface area contributed by atoms with Crippen LogP contribution < -0.4 is 5.73 Å². The maximum atomic E-state index is 9.74. The van der Waals surface area contributed by atoms with Crippen molar-refractivity contribution in [3.8, 4) is 0 Å². The van der Waals surface area contributed by atoms with Gasteiger partial charge in [-0.25, -0.2) is 5.73 Å². The van der Waals surface area contributed by atoms with Gasteiger partial charge in [-0.05, 0) is 6.42 Å². The third-order valence-electron chi connectivity index (χ3n) is 0.706. The topological polar surface area (TPSA) is 61.1 Å². The first-order chi connectivity index (χ1) is 3.18. The molecule has 0 saturated carbocycles. The van der Waals surface area contributed by atoms with E-state index in [0.717, 1.165) is 0 Å². The average Bonchev–Trinajstić information content (AvgIpc) is 1.65. The summed E-state index contributed by atoms with van der Waals surface area (Å²) in [6, 6.07) is -0.931. The Morgan fingerprint density at radius 1 is 2.00 bits per heavy atom. The van der Waals surface area contributed by atoms with Crippen LogP contribution in [0.5, 0.6) is 0 Å². The molecule has 0 aromatic rings. The number of carboxylic acids is 1. The van der Waals surface area contributed by atoms with Gasteiger partial charge in [0.2, 0.25) is 0 Å². The molecule has 0 fully saturated rings. The van der Waals surface area contributed by atoms with Crippen LogP contribution in [0.15, 0.2) is 0 Å². The predicted molar refractivity (Wildman–Crippen MR) is 24.8 cm³/mol. The van der Waals surface area contributed by atoms with Gasteiger partial charge in [-0.1, -0.05) is 6.92 Å². The lowest BCUT2D eigenvalue weighted by Gasteiger charge is -1.95. The van der Waals surface area contributed by atoms with E-state index in [0.29, 0.717) is 6.42 Å². The molecule has 41 valence electrons. The molecular formula is C4H8NO2. The van der Waals surface area contributed by atoms with Crippen molar-refractivity contribution in [2.45, 2.75) is 19.4 Å². The number of aliphatic carboxylic acids is 1. The van der Waals surface area contributed by atoms with Crippen LogP contribution in [0.3, 0.4) is 0 Å². The summed E-state index contributed by atoms with van der Waals surface area (Å²) in [4.78, 5) is 9.74. The van der Waals surface area contributed by atoms with Gasteiger partial charge in [0.1, 0.15) is 6.04 Å². The van der Waals surface area contributed by atoms with Crippen molar-refractivity contribution in [3.05, 3.63) is 0 Å². The maximum absolute atomic E-state index is 9.74. The molecule has 0 amide bonds. The largest absolute Gasteiger partial charge is 0.480 e. The number of hydrogen-bond donors (Lipinski definition) is 1. The molecule has 1 radical (unpaired) electrons. The Labute approximate surface area is 42.1 Å². The first kappa shape index (κ1) is 6.43. The van der Waals surface area contributed by atoms with Crippen LogP contribution in [0.2, 0.25) is 0 Å². The zero-order chi connectivity index (χ0) is 5.86. The molecule has 0 rings (SSSR count). The van der Waals surface area contributed by atoms with Gasteiger partial charge in [0, 0.05) is 0 Å². The second-order valence-corrected chi connectivity index (χ2v) is 1.30. The lowest BCUT2D eigenvalue weighted by Crippen LogP contribution is -2.19. The lowest BCUT2D eigenvalue weighted by atomic mass is 10.2. The minimum absolute atomic E-state index is 0.384. The monoisotopic (exact) mass is 102 g/mol. The lowest BCUT2D eigenvalue weighted by molar-refractivity contribution is -0.138. The zero-order valence-corrected chi connectivity index (χ0v) is 4.14. The molecule has 0 aromatic heterocycles. The fourth-order valence-corrected chi connectivity index (χ4v) is 0.175. The Morgan fingerprint density at radius 3 is 2.43 bits per heavy atom. The summed E-state index contributed by atoms with van der Waals surface area (Å²) in [5, 5.41) is 7.99. The Bertz CT molecular complexity index is 72.1. The van der Waals surface area contributed by atoms with E-state index in [1.807, 2.05) is 0 Å². The van der Waals surface area contributed by atoms with E-state index < -0.39 is 12.0 Å². The molecule has 3 heteroatoms. The van der Waals surface area contributed by atoms with Gasteiger partial charge in [0.05, 0.1) is 0 Å². The number of hydrogen-bond acceptors (Lipinski definition) is 1. The fraction of sp³-hybridized carbons (Fsp3) is 0.750. The number of rotatable bonds is 2. The minimum Gasteiger partial charge on any atom is -0.480 e.